The van der Waals surface area contributed by atoms with E-state index in [2.05, 4.69) is 109 Å². The fraction of sp³-hybridized carbons (Fsp3) is 0.0667. The first-order valence-corrected chi connectivity index (χ1v) is 11.8. The molecule has 0 atom stereocenters. The van der Waals surface area contributed by atoms with E-state index in [1.54, 1.807) is 0 Å². The minimum absolute atomic E-state index is 0.115. The number of rotatable bonds is 0. The zero-order chi connectivity index (χ0) is 22.6. The molecule has 0 saturated heterocycles. The lowest BCUT2D eigenvalue weighted by molar-refractivity contribution is 0.477. The summed E-state index contributed by atoms with van der Waals surface area (Å²) in [6.07, 6.45) is 0. The highest BCUT2D eigenvalue weighted by atomic mass is 16.5. The second-order valence-corrected chi connectivity index (χ2v) is 9.54. The highest BCUT2D eigenvalue weighted by molar-refractivity contribution is 6.93. The summed E-state index contributed by atoms with van der Waals surface area (Å²) in [5.74, 6) is 1.82. The summed E-state index contributed by atoms with van der Waals surface area (Å²) in [4.78, 5) is 4.90. The van der Waals surface area contributed by atoms with Crippen LogP contribution in [0.5, 0.6) is 11.5 Å². The van der Waals surface area contributed by atoms with Crippen molar-refractivity contribution in [3.63, 3.8) is 0 Å². The summed E-state index contributed by atoms with van der Waals surface area (Å²) in [5, 5.41) is 2.57. The van der Waals surface area contributed by atoms with Crippen molar-refractivity contribution in [2.75, 3.05) is 16.8 Å². The Hall–Kier alpha value is -4.18. The van der Waals surface area contributed by atoms with Crippen molar-refractivity contribution < 1.29 is 4.74 Å². The molecule has 5 aromatic carbocycles. The van der Waals surface area contributed by atoms with Crippen LogP contribution in [0.25, 0.3) is 21.9 Å². The minimum atomic E-state index is 0.115. The number of aryl methyl sites for hydroxylation is 1. The van der Waals surface area contributed by atoms with Gasteiger partial charge in [0.05, 0.1) is 11.4 Å². The van der Waals surface area contributed by atoms with E-state index in [1.807, 2.05) is 6.07 Å². The molecule has 3 aliphatic rings. The van der Waals surface area contributed by atoms with E-state index in [4.69, 9.17) is 4.74 Å². The van der Waals surface area contributed by atoms with E-state index in [0.29, 0.717) is 0 Å². The molecular formula is C30H21BN2O. The van der Waals surface area contributed by atoms with Gasteiger partial charge in [-0.25, -0.2) is 0 Å². The summed E-state index contributed by atoms with van der Waals surface area (Å²) >= 11 is 0. The first-order valence-electron chi connectivity index (χ1n) is 11.8. The Morgan fingerprint density at radius 1 is 0.706 bits per heavy atom. The van der Waals surface area contributed by atoms with Crippen molar-refractivity contribution in [3.8, 4) is 22.6 Å². The van der Waals surface area contributed by atoms with Crippen LogP contribution in [0.3, 0.4) is 0 Å². The summed E-state index contributed by atoms with van der Waals surface area (Å²) in [6.45, 7) is 2.32. The summed E-state index contributed by atoms with van der Waals surface area (Å²) < 4.78 is 6.43. The Bertz CT molecular complexity index is 1690. The summed E-state index contributed by atoms with van der Waals surface area (Å²) in [6, 6.07) is 32.9. The molecule has 0 aromatic heterocycles. The van der Waals surface area contributed by atoms with Crippen molar-refractivity contribution >= 4 is 51.3 Å². The van der Waals surface area contributed by atoms with Gasteiger partial charge in [0.25, 0.3) is 0 Å². The molecule has 0 N–H and O–H groups in total. The number of ether oxygens (including phenoxy) is 1. The molecule has 8 rings (SSSR count). The monoisotopic (exact) mass is 436 g/mol. The normalized spacial score (nSPS) is 14.2. The van der Waals surface area contributed by atoms with Gasteiger partial charge in [-0.15, -0.1) is 0 Å². The van der Waals surface area contributed by atoms with E-state index in [9.17, 15) is 0 Å². The summed E-state index contributed by atoms with van der Waals surface area (Å²) in [7, 11) is 2.25. The predicted molar refractivity (Wildman–Crippen MR) is 142 cm³/mol. The Kier molecular flexibility index (Phi) is 3.35. The van der Waals surface area contributed by atoms with Gasteiger partial charge in [0, 0.05) is 22.3 Å². The van der Waals surface area contributed by atoms with Gasteiger partial charge in [-0.3, -0.25) is 0 Å². The van der Waals surface area contributed by atoms with E-state index in [0.717, 1.165) is 22.9 Å². The van der Waals surface area contributed by atoms with Gasteiger partial charge in [-0.1, -0.05) is 66.7 Å². The van der Waals surface area contributed by atoms with E-state index < -0.39 is 0 Å². The fourth-order valence-corrected chi connectivity index (χ4v) is 6.31. The third-order valence-corrected chi connectivity index (χ3v) is 7.62. The Morgan fingerprint density at radius 3 is 2.47 bits per heavy atom. The second kappa shape index (κ2) is 6.24. The highest BCUT2D eigenvalue weighted by Gasteiger charge is 2.46. The molecule has 160 valence electrons. The zero-order valence-corrected chi connectivity index (χ0v) is 19.0. The molecule has 0 bridgehead atoms. The first kappa shape index (κ1) is 18.3. The van der Waals surface area contributed by atoms with E-state index in [1.165, 1.54) is 49.8 Å². The summed E-state index contributed by atoms with van der Waals surface area (Å²) in [5.41, 5.74) is 11.4. The molecule has 3 nitrogen and oxygen atoms in total. The van der Waals surface area contributed by atoms with Crippen molar-refractivity contribution in [3.05, 3.63) is 96.6 Å². The predicted octanol–water partition coefficient (Wildman–Crippen LogP) is 6.26. The van der Waals surface area contributed by atoms with Crippen LogP contribution in [-0.2, 0) is 0 Å². The van der Waals surface area contributed by atoms with Crippen LogP contribution in [0.1, 0.15) is 5.56 Å². The van der Waals surface area contributed by atoms with E-state index in [-0.39, 0.29) is 6.85 Å². The molecule has 0 amide bonds. The van der Waals surface area contributed by atoms with Crippen LogP contribution in [-0.4, -0.2) is 13.9 Å². The number of nitrogens with zero attached hydrogens (tertiary/aromatic N) is 2. The van der Waals surface area contributed by atoms with Crippen LogP contribution in [0.15, 0.2) is 91.0 Å². The average Bonchev–Trinajstić information content (AvgIpc) is 2.87. The van der Waals surface area contributed by atoms with Crippen LogP contribution in [0.2, 0.25) is 0 Å². The van der Waals surface area contributed by atoms with Gasteiger partial charge >= 0.3 is 6.85 Å². The van der Waals surface area contributed by atoms with Crippen molar-refractivity contribution in [1.29, 1.82) is 0 Å². The SMILES string of the molecule is Cc1cc2c3c(c1)N1c4ccccc4Oc4cccc(c41)B3N(C)c1c-2ccc2ccccc12. The van der Waals surface area contributed by atoms with Gasteiger partial charge in [0.2, 0.25) is 0 Å². The lowest BCUT2D eigenvalue weighted by Crippen LogP contribution is -2.62. The van der Waals surface area contributed by atoms with Gasteiger partial charge in [-0.05, 0) is 65.7 Å². The average molecular weight is 436 g/mol. The molecule has 3 heterocycles. The quantitative estimate of drug-likeness (QED) is 0.262. The number of hydrogen-bond acceptors (Lipinski definition) is 3. The van der Waals surface area contributed by atoms with Gasteiger partial charge in [-0.2, -0.15) is 0 Å². The maximum absolute atomic E-state index is 6.43. The lowest BCUT2D eigenvalue weighted by atomic mass is 9.43. The number of fused-ring (bicyclic) bond motifs is 8. The van der Waals surface area contributed by atoms with Crippen molar-refractivity contribution in [2.45, 2.75) is 6.92 Å². The smallest absolute Gasteiger partial charge is 0.328 e. The Morgan fingerprint density at radius 2 is 1.53 bits per heavy atom. The van der Waals surface area contributed by atoms with Gasteiger partial charge in [0.1, 0.15) is 0 Å². The number of para-hydroxylation sites is 3. The first-order chi connectivity index (χ1) is 16.7. The maximum Gasteiger partial charge on any atom is 0.328 e. The van der Waals surface area contributed by atoms with Crippen LogP contribution in [0, 0.1) is 6.92 Å². The molecule has 4 heteroatoms. The Labute approximate surface area is 198 Å². The Balaban J connectivity index is 1.54. The fourth-order valence-electron chi connectivity index (χ4n) is 6.31. The standard InChI is InChI=1S/C30H21BN2O/c1-18-16-22-21-15-14-19-8-3-4-9-20(19)29(21)32(2)31-23-10-7-13-27-30(23)33(25(17-18)28(22)31)24-11-5-6-12-26(24)34-27/h3-17H,1-2H3. The zero-order valence-electron chi connectivity index (χ0n) is 19.0. The molecule has 0 saturated carbocycles. The molecule has 5 aromatic rings. The molecule has 34 heavy (non-hydrogen) atoms. The third kappa shape index (κ3) is 2.14. The number of hydrogen-bond donors (Lipinski definition) is 0. The van der Waals surface area contributed by atoms with Crippen molar-refractivity contribution in [1.82, 2.24) is 0 Å². The van der Waals surface area contributed by atoms with Gasteiger partial charge in [0.15, 0.2) is 11.5 Å². The molecule has 3 aliphatic heterocycles. The largest absolute Gasteiger partial charge is 0.453 e. The van der Waals surface area contributed by atoms with Gasteiger partial charge < -0.3 is 14.4 Å². The van der Waals surface area contributed by atoms with Crippen LogP contribution in [0.4, 0.5) is 22.7 Å². The molecular weight excluding hydrogens is 415 g/mol. The van der Waals surface area contributed by atoms with E-state index >= 15 is 0 Å². The number of anilines is 4. The molecule has 0 radical (unpaired) electrons. The lowest BCUT2D eigenvalue weighted by Gasteiger charge is -2.46. The second-order valence-electron chi connectivity index (χ2n) is 9.54. The van der Waals surface area contributed by atoms with Crippen LogP contribution >= 0.6 is 0 Å². The maximum atomic E-state index is 6.43. The molecule has 0 aliphatic carbocycles. The molecule has 0 unspecified atom stereocenters. The van der Waals surface area contributed by atoms with Crippen LogP contribution < -0.4 is 25.4 Å². The third-order valence-electron chi connectivity index (χ3n) is 7.62. The highest BCUT2D eigenvalue weighted by Crippen LogP contribution is 2.53. The minimum Gasteiger partial charge on any atom is -0.453 e. The number of benzene rings is 5. The molecule has 0 spiro atoms. The topological polar surface area (TPSA) is 15.7 Å². The van der Waals surface area contributed by atoms with Crippen molar-refractivity contribution in [2.24, 2.45) is 0 Å². The molecule has 0 fully saturated rings.